The molecule has 1 N–H and O–H groups in total. The van der Waals surface area contributed by atoms with E-state index < -0.39 is 0 Å². The summed E-state index contributed by atoms with van der Waals surface area (Å²) in [6, 6.07) is 0.0346. The van der Waals surface area contributed by atoms with Crippen LogP contribution in [0.25, 0.3) is 0 Å². The third-order valence-electron chi connectivity index (χ3n) is 2.42. The molecule has 3 heteroatoms. The van der Waals surface area contributed by atoms with Crippen molar-refractivity contribution in [1.82, 2.24) is 5.32 Å². The molecule has 1 rings (SSSR count). The molecule has 2 atom stereocenters. The van der Waals surface area contributed by atoms with Gasteiger partial charge in [0.25, 0.3) is 0 Å². The average Bonchev–Trinajstić information content (AvgIpc) is 2.50. The molecule has 13 heavy (non-hydrogen) atoms. The molecule has 1 aliphatic heterocycles. The van der Waals surface area contributed by atoms with Gasteiger partial charge >= 0.3 is 0 Å². The predicted molar refractivity (Wildman–Crippen MR) is 51.7 cm³/mol. The summed E-state index contributed by atoms with van der Waals surface area (Å²) in [4.78, 5) is 11.6. The van der Waals surface area contributed by atoms with Crippen LogP contribution in [0.1, 0.15) is 26.7 Å². The Morgan fingerprint density at radius 1 is 1.62 bits per heavy atom. The molecule has 2 unspecified atom stereocenters. The summed E-state index contributed by atoms with van der Waals surface area (Å²) in [7, 11) is 1.70. The number of Topliss-reactive ketones (excluding diaryl/α,β-unsaturated/α-hetero) is 1. The van der Waals surface area contributed by atoms with Gasteiger partial charge in [0.15, 0.2) is 0 Å². The standard InChI is InChI=1S/C10H19NO2/c1-7(2)4-10(12)9-5-8(13-3)6-11-9/h7-9,11H,4-6H2,1-3H3. The highest BCUT2D eigenvalue weighted by atomic mass is 16.5. The molecule has 1 fully saturated rings. The number of carbonyl (C=O) groups is 1. The average molecular weight is 185 g/mol. The van der Waals surface area contributed by atoms with Gasteiger partial charge in [0.2, 0.25) is 0 Å². The summed E-state index contributed by atoms with van der Waals surface area (Å²) < 4.78 is 5.18. The maximum Gasteiger partial charge on any atom is 0.150 e. The molecule has 0 spiro atoms. The molecule has 0 radical (unpaired) electrons. The first-order valence-corrected chi connectivity index (χ1v) is 4.92. The Balaban J connectivity index is 2.33. The van der Waals surface area contributed by atoms with Gasteiger partial charge < -0.3 is 10.1 Å². The zero-order valence-corrected chi connectivity index (χ0v) is 8.67. The maximum atomic E-state index is 11.6. The number of rotatable bonds is 4. The molecular weight excluding hydrogens is 166 g/mol. The first kappa shape index (κ1) is 10.7. The molecule has 0 aromatic heterocycles. The highest BCUT2D eigenvalue weighted by Crippen LogP contribution is 2.13. The van der Waals surface area contributed by atoms with Crippen molar-refractivity contribution in [1.29, 1.82) is 0 Å². The fourth-order valence-corrected chi connectivity index (χ4v) is 1.67. The minimum absolute atomic E-state index is 0.0346. The first-order chi connectivity index (χ1) is 6.13. The van der Waals surface area contributed by atoms with Crippen LogP contribution in [-0.2, 0) is 9.53 Å². The van der Waals surface area contributed by atoms with Crippen LogP contribution in [-0.4, -0.2) is 31.6 Å². The van der Waals surface area contributed by atoms with Gasteiger partial charge in [-0.25, -0.2) is 0 Å². The monoisotopic (exact) mass is 185 g/mol. The van der Waals surface area contributed by atoms with E-state index in [-0.39, 0.29) is 12.1 Å². The minimum atomic E-state index is 0.0346. The molecule has 0 amide bonds. The molecule has 0 saturated carbocycles. The highest BCUT2D eigenvalue weighted by molar-refractivity contribution is 5.84. The fraction of sp³-hybridized carbons (Fsp3) is 0.900. The molecule has 0 aliphatic carbocycles. The van der Waals surface area contributed by atoms with Gasteiger partial charge in [-0.15, -0.1) is 0 Å². The normalized spacial score (nSPS) is 28.3. The van der Waals surface area contributed by atoms with Gasteiger partial charge in [0, 0.05) is 20.1 Å². The zero-order valence-electron chi connectivity index (χ0n) is 8.67. The lowest BCUT2D eigenvalue weighted by atomic mass is 10.0. The predicted octanol–water partition coefficient (Wildman–Crippen LogP) is 0.978. The van der Waals surface area contributed by atoms with Crippen LogP contribution < -0.4 is 5.32 Å². The number of hydrogen-bond acceptors (Lipinski definition) is 3. The highest BCUT2D eigenvalue weighted by Gasteiger charge is 2.28. The first-order valence-electron chi connectivity index (χ1n) is 4.92. The van der Waals surface area contributed by atoms with Crippen molar-refractivity contribution in [2.24, 2.45) is 5.92 Å². The van der Waals surface area contributed by atoms with Crippen LogP contribution in [0.15, 0.2) is 0 Å². The van der Waals surface area contributed by atoms with Crippen molar-refractivity contribution >= 4 is 5.78 Å². The summed E-state index contributed by atoms with van der Waals surface area (Å²) in [6.45, 7) is 4.95. The Bertz CT molecular complexity index is 180. The molecule has 1 heterocycles. The SMILES string of the molecule is COC1CNC(C(=O)CC(C)C)C1. The third-order valence-corrected chi connectivity index (χ3v) is 2.42. The lowest BCUT2D eigenvalue weighted by molar-refractivity contribution is -0.121. The van der Waals surface area contributed by atoms with Gasteiger partial charge in [-0.1, -0.05) is 13.8 Å². The van der Waals surface area contributed by atoms with Crippen molar-refractivity contribution < 1.29 is 9.53 Å². The van der Waals surface area contributed by atoms with E-state index in [4.69, 9.17) is 4.74 Å². The van der Waals surface area contributed by atoms with Crippen LogP contribution in [0, 0.1) is 5.92 Å². The number of hydrogen-bond donors (Lipinski definition) is 1. The van der Waals surface area contributed by atoms with Crippen LogP contribution in [0.4, 0.5) is 0 Å². The third kappa shape index (κ3) is 3.08. The topological polar surface area (TPSA) is 38.3 Å². The van der Waals surface area contributed by atoms with Gasteiger partial charge in [0.1, 0.15) is 5.78 Å². The largest absolute Gasteiger partial charge is 0.380 e. The van der Waals surface area contributed by atoms with Gasteiger partial charge in [-0.3, -0.25) is 4.79 Å². The lowest BCUT2D eigenvalue weighted by Gasteiger charge is -2.10. The lowest BCUT2D eigenvalue weighted by Crippen LogP contribution is -2.31. The summed E-state index contributed by atoms with van der Waals surface area (Å²) in [5, 5.41) is 3.19. The van der Waals surface area contributed by atoms with Gasteiger partial charge in [-0.05, 0) is 12.3 Å². The smallest absolute Gasteiger partial charge is 0.150 e. The van der Waals surface area contributed by atoms with E-state index in [1.54, 1.807) is 7.11 Å². The maximum absolute atomic E-state index is 11.6. The van der Waals surface area contributed by atoms with Crippen molar-refractivity contribution in [2.45, 2.75) is 38.8 Å². The van der Waals surface area contributed by atoms with Crippen LogP contribution in [0.2, 0.25) is 0 Å². The quantitative estimate of drug-likeness (QED) is 0.709. The van der Waals surface area contributed by atoms with Crippen molar-refractivity contribution in [3.63, 3.8) is 0 Å². The van der Waals surface area contributed by atoms with E-state index in [9.17, 15) is 4.79 Å². The second-order valence-corrected chi connectivity index (χ2v) is 4.12. The van der Waals surface area contributed by atoms with E-state index in [2.05, 4.69) is 19.2 Å². The van der Waals surface area contributed by atoms with Crippen molar-refractivity contribution in [3.8, 4) is 0 Å². The summed E-state index contributed by atoms with van der Waals surface area (Å²) in [6.07, 6.45) is 1.73. The number of carbonyl (C=O) groups excluding carboxylic acids is 1. The Hall–Kier alpha value is -0.410. The van der Waals surface area contributed by atoms with Gasteiger partial charge in [-0.2, -0.15) is 0 Å². The second kappa shape index (κ2) is 4.72. The summed E-state index contributed by atoms with van der Waals surface area (Å²) in [5.41, 5.74) is 0. The van der Waals surface area contributed by atoms with E-state index in [0.717, 1.165) is 13.0 Å². The van der Waals surface area contributed by atoms with Crippen LogP contribution >= 0.6 is 0 Å². The molecule has 76 valence electrons. The molecule has 0 aromatic carbocycles. The molecule has 1 saturated heterocycles. The molecular formula is C10H19NO2. The van der Waals surface area contributed by atoms with Crippen LogP contribution in [0.5, 0.6) is 0 Å². The van der Waals surface area contributed by atoms with E-state index in [0.29, 0.717) is 18.1 Å². The molecule has 3 nitrogen and oxygen atoms in total. The van der Waals surface area contributed by atoms with Crippen LogP contribution in [0.3, 0.4) is 0 Å². The summed E-state index contributed by atoms with van der Waals surface area (Å²) >= 11 is 0. The molecule has 1 aliphatic rings. The minimum Gasteiger partial charge on any atom is -0.380 e. The number of methoxy groups -OCH3 is 1. The number of ether oxygens (including phenoxy) is 1. The Morgan fingerprint density at radius 2 is 2.31 bits per heavy atom. The van der Waals surface area contributed by atoms with E-state index in [1.807, 2.05) is 0 Å². The Morgan fingerprint density at radius 3 is 2.77 bits per heavy atom. The van der Waals surface area contributed by atoms with E-state index in [1.165, 1.54) is 0 Å². The van der Waals surface area contributed by atoms with E-state index >= 15 is 0 Å². The number of ketones is 1. The second-order valence-electron chi connectivity index (χ2n) is 4.12. The Labute approximate surface area is 79.8 Å². The molecule has 0 aromatic rings. The van der Waals surface area contributed by atoms with Crippen molar-refractivity contribution in [2.75, 3.05) is 13.7 Å². The number of nitrogens with one attached hydrogen (secondary N) is 1. The fourth-order valence-electron chi connectivity index (χ4n) is 1.67. The zero-order chi connectivity index (χ0) is 9.84. The van der Waals surface area contributed by atoms with Crippen molar-refractivity contribution in [3.05, 3.63) is 0 Å². The van der Waals surface area contributed by atoms with Gasteiger partial charge in [0.05, 0.1) is 12.1 Å². The Kier molecular flexibility index (Phi) is 3.88. The molecule has 0 bridgehead atoms. The summed E-state index contributed by atoms with van der Waals surface area (Å²) in [5.74, 6) is 0.783.